The van der Waals surface area contributed by atoms with E-state index in [0.717, 1.165) is 0 Å². The summed E-state index contributed by atoms with van der Waals surface area (Å²) in [5.41, 5.74) is 5.06. The maximum absolute atomic E-state index is 10.1. The van der Waals surface area contributed by atoms with Crippen LogP contribution in [0, 0.1) is 0 Å². The first-order valence-electron chi connectivity index (χ1n) is 2.49. The Morgan fingerprint density at radius 2 is 2.25 bits per heavy atom. The molecule has 3 heteroatoms. The summed E-state index contributed by atoms with van der Waals surface area (Å²) >= 11 is 0. The third-order valence-electron chi connectivity index (χ3n) is 0.759. The lowest BCUT2D eigenvalue weighted by Crippen LogP contribution is -2.04. The van der Waals surface area contributed by atoms with Crippen LogP contribution in [0.3, 0.4) is 0 Å². The monoisotopic (exact) mass is 115 g/mol. The van der Waals surface area contributed by atoms with Crippen LogP contribution >= 0.6 is 0 Å². The number of carbonyl (C=O) groups excluding carboxylic acids is 2. The predicted octanol–water partition coefficient (Wildman–Crippen LogP) is -0.507. The number of hydrogen-bond donors (Lipinski definition) is 1. The van der Waals surface area contributed by atoms with Gasteiger partial charge in [-0.15, -0.1) is 0 Å². The Balaban J connectivity index is 3.11. The van der Waals surface area contributed by atoms with E-state index in [1.165, 1.54) is 0 Å². The van der Waals surface area contributed by atoms with Gasteiger partial charge in [0.2, 0.25) is 0 Å². The zero-order valence-electron chi connectivity index (χ0n) is 4.59. The van der Waals surface area contributed by atoms with Crippen molar-refractivity contribution in [3.05, 3.63) is 0 Å². The van der Waals surface area contributed by atoms with Crippen LogP contribution in [0.1, 0.15) is 12.8 Å². The lowest BCUT2D eigenvalue weighted by atomic mass is 10.2. The van der Waals surface area contributed by atoms with Crippen molar-refractivity contribution in [2.24, 2.45) is 5.73 Å². The zero-order chi connectivity index (χ0) is 6.41. The van der Waals surface area contributed by atoms with E-state index in [-0.39, 0.29) is 5.78 Å². The molecule has 0 radical (unpaired) electrons. The Bertz CT molecular complexity index is 90.4. The molecule has 0 rings (SSSR count). The summed E-state index contributed by atoms with van der Waals surface area (Å²) in [5.74, 6) is -0.365. The van der Waals surface area contributed by atoms with E-state index in [9.17, 15) is 9.59 Å². The fraction of sp³-hybridized carbons (Fsp3) is 0.600. The van der Waals surface area contributed by atoms with Gasteiger partial charge in [0, 0.05) is 6.42 Å². The Hall–Kier alpha value is -0.700. The molecular weight excluding hydrogens is 106 g/mol. The fourth-order valence-electron chi connectivity index (χ4n) is 0.335. The van der Waals surface area contributed by atoms with Crippen LogP contribution in [-0.4, -0.2) is 18.6 Å². The summed E-state index contributed by atoms with van der Waals surface area (Å²) in [5, 5.41) is 0. The number of nitrogens with two attached hydrogens (primary N) is 1. The highest BCUT2D eigenvalue weighted by molar-refractivity contribution is 6.24. The van der Waals surface area contributed by atoms with E-state index in [4.69, 9.17) is 5.73 Å². The van der Waals surface area contributed by atoms with Gasteiger partial charge in [0.05, 0.1) is 0 Å². The van der Waals surface area contributed by atoms with Gasteiger partial charge in [0.25, 0.3) is 0 Å². The van der Waals surface area contributed by atoms with Crippen molar-refractivity contribution in [1.82, 2.24) is 0 Å². The molecule has 0 fully saturated rings. The van der Waals surface area contributed by atoms with Crippen LogP contribution in [0.2, 0.25) is 0 Å². The van der Waals surface area contributed by atoms with E-state index in [1.54, 1.807) is 0 Å². The number of Topliss-reactive ketones (excluding diaryl/α,β-unsaturated/α-hetero) is 1. The standard InChI is InChI=1S/C5H9NO2/c6-3-1-2-5(8)4-7/h4H,1-3,6H2. The van der Waals surface area contributed by atoms with Gasteiger partial charge >= 0.3 is 0 Å². The molecule has 0 heterocycles. The molecule has 0 aliphatic heterocycles. The molecule has 0 aromatic heterocycles. The maximum Gasteiger partial charge on any atom is 0.195 e. The van der Waals surface area contributed by atoms with Crippen LogP contribution in [0.25, 0.3) is 0 Å². The molecule has 8 heavy (non-hydrogen) atoms. The highest BCUT2D eigenvalue weighted by atomic mass is 16.2. The smallest absolute Gasteiger partial charge is 0.195 e. The predicted molar refractivity (Wildman–Crippen MR) is 29.4 cm³/mol. The maximum atomic E-state index is 10.1. The molecule has 0 spiro atoms. The molecule has 2 N–H and O–H groups in total. The molecule has 3 nitrogen and oxygen atoms in total. The van der Waals surface area contributed by atoms with Gasteiger partial charge in [0.1, 0.15) is 0 Å². The molecule has 0 aromatic rings. The van der Waals surface area contributed by atoms with Gasteiger partial charge in [-0.2, -0.15) is 0 Å². The van der Waals surface area contributed by atoms with Crippen molar-refractivity contribution in [1.29, 1.82) is 0 Å². The Labute approximate surface area is 47.9 Å². The van der Waals surface area contributed by atoms with Crippen molar-refractivity contribution in [3.8, 4) is 0 Å². The van der Waals surface area contributed by atoms with Crippen LogP contribution in [0.15, 0.2) is 0 Å². The number of hydrogen-bond acceptors (Lipinski definition) is 3. The molecule has 0 amide bonds. The minimum Gasteiger partial charge on any atom is -0.330 e. The third-order valence-corrected chi connectivity index (χ3v) is 0.759. The molecule has 0 atom stereocenters. The van der Waals surface area contributed by atoms with Gasteiger partial charge in [0.15, 0.2) is 12.1 Å². The second-order valence-corrected chi connectivity index (χ2v) is 1.48. The van der Waals surface area contributed by atoms with Gasteiger partial charge in [-0.05, 0) is 13.0 Å². The molecule has 0 unspecified atom stereocenters. The molecular formula is C5H9NO2. The Morgan fingerprint density at radius 1 is 1.62 bits per heavy atom. The molecule has 46 valence electrons. The van der Waals surface area contributed by atoms with E-state index >= 15 is 0 Å². The summed E-state index contributed by atoms with van der Waals surface area (Å²) in [7, 11) is 0. The van der Waals surface area contributed by atoms with E-state index < -0.39 is 0 Å². The number of ketones is 1. The first-order chi connectivity index (χ1) is 3.81. The van der Waals surface area contributed by atoms with Crippen LogP contribution in [0.5, 0.6) is 0 Å². The summed E-state index contributed by atoms with van der Waals surface area (Å²) < 4.78 is 0. The third kappa shape index (κ3) is 3.49. The average Bonchev–Trinajstić information content (AvgIpc) is 1.83. The van der Waals surface area contributed by atoms with Crippen LogP contribution in [-0.2, 0) is 9.59 Å². The van der Waals surface area contributed by atoms with Crippen molar-refractivity contribution in [2.75, 3.05) is 6.54 Å². The molecule has 0 aliphatic rings. The lowest BCUT2D eigenvalue weighted by Gasteiger charge is -1.86. The second-order valence-electron chi connectivity index (χ2n) is 1.48. The zero-order valence-corrected chi connectivity index (χ0v) is 4.59. The highest BCUT2D eigenvalue weighted by Crippen LogP contribution is 1.83. The minimum absolute atomic E-state index is 0.292. The molecule has 0 bridgehead atoms. The summed E-state index contributed by atoms with van der Waals surface area (Å²) in [6.45, 7) is 0.472. The highest BCUT2D eigenvalue weighted by Gasteiger charge is 1.94. The van der Waals surface area contributed by atoms with Crippen molar-refractivity contribution in [3.63, 3.8) is 0 Å². The number of carbonyl (C=O) groups is 2. The summed E-state index contributed by atoms with van der Waals surface area (Å²) in [6.07, 6.45) is 1.23. The van der Waals surface area contributed by atoms with Gasteiger partial charge in [-0.25, -0.2) is 0 Å². The molecule has 0 aliphatic carbocycles. The van der Waals surface area contributed by atoms with Crippen LogP contribution < -0.4 is 5.73 Å². The lowest BCUT2D eigenvalue weighted by molar-refractivity contribution is -0.129. The first kappa shape index (κ1) is 7.30. The van der Waals surface area contributed by atoms with Gasteiger partial charge in [-0.3, -0.25) is 9.59 Å². The molecule has 0 saturated heterocycles. The molecule has 0 saturated carbocycles. The topological polar surface area (TPSA) is 60.2 Å². The van der Waals surface area contributed by atoms with Gasteiger partial charge in [-0.1, -0.05) is 0 Å². The average molecular weight is 115 g/mol. The fourth-order valence-corrected chi connectivity index (χ4v) is 0.335. The summed E-state index contributed by atoms with van der Waals surface area (Å²) in [4.78, 5) is 19.8. The van der Waals surface area contributed by atoms with E-state index in [1.807, 2.05) is 0 Å². The number of aldehydes is 1. The van der Waals surface area contributed by atoms with E-state index in [0.29, 0.717) is 25.7 Å². The Kier molecular flexibility index (Phi) is 4.07. The summed E-state index contributed by atoms with van der Waals surface area (Å²) in [6, 6.07) is 0. The second kappa shape index (κ2) is 4.46. The van der Waals surface area contributed by atoms with Crippen molar-refractivity contribution in [2.45, 2.75) is 12.8 Å². The van der Waals surface area contributed by atoms with Gasteiger partial charge < -0.3 is 5.73 Å². The molecule has 0 aromatic carbocycles. The van der Waals surface area contributed by atoms with Crippen molar-refractivity contribution >= 4 is 12.1 Å². The van der Waals surface area contributed by atoms with Crippen molar-refractivity contribution < 1.29 is 9.59 Å². The number of rotatable bonds is 4. The Morgan fingerprint density at radius 3 is 2.62 bits per heavy atom. The first-order valence-corrected chi connectivity index (χ1v) is 2.49. The van der Waals surface area contributed by atoms with Crippen LogP contribution in [0.4, 0.5) is 0 Å². The normalized spacial score (nSPS) is 8.62. The van der Waals surface area contributed by atoms with E-state index in [2.05, 4.69) is 0 Å². The largest absolute Gasteiger partial charge is 0.330 e. The SMILES string of the molecule is NCCCC(=O)C=O. The minimum atomic E-state index is -0.365. The quantitative estimate of drug-likeness (QED) is 0.396.